The summed E-state index contributed by atoms with van der Waals surface area (Å²) in [5, 5.41) is 10.8. The second kappa shape index (κ2) is 4.33. The Morgan fingerprint density at radius 2 is 2.16 bits per heavy atom. The molecule has 0 aliphatic heterocycles. The second-order valence-electron chi connectivity index (χ2n) is 3.93. The fraction of sp³-hybridized carbons (Fsp3) is 0. The largest absolute Gasteiger partial charge is 0.478 e. The van der Waals surface area contributed by atoms with Crippen LogP contribution in [0.4, 0.5) is 0 Å². The molecule has 2 heterocycles. The molecule has 2 aromatic heterocycles. The Hall–Kier alpha value is -2.47. The van der Waals surface area contributed by atoms with E-state index in [1.807, 2.05) is 11.4 Å². The van der Waals surface area contributed by atoms with Crippen molar-refractivity contribution in [2.45, 2.75) is 0 Å². The summed E-state index contributed by atoms with van der Waals surface area (Å²) < 4.78 is 0. The summed E-state index contributed by atoms with van der Waals surface area (Å²) >= 11 is 1.41. The maximum absolute atomic E-state index is 11.9. The topological polar surface area (TPSA) is 83.0 Å². The number of carboxylic acid groups (broad SMARTS) is 1. The lowest BCUT2D eigenvalue weighted by Crippen LogP contribution is -2.11. The number of H-pyrrole nitrogens is 1. The quantitative estimate of drug-likeness (QED) is 0.750. The molecule has 0 aliphatic rings. The molecule has 0 radical (unpaired) electrons. The number of rotatable bonds is 2. The first-order valence-electron chi connectivity index (χ1n) is 5.46. The van der Waals surface area contributed by atoms with Gasteiger partial charge in [0.1, 0.15) is 5.69 Å². The summed E-state index contributed by atoms with van der Waals surface area (Å²) in [6.45, 7) is 0. The van der Waals surface area contributed by atoms with Gasteiger partial charge in [-0.25, -0.2) is 9.78 Å². The molecule has 0 aliphatic carbocycles. The van der Waals surface area contributed by atoms with Crippen LogP contribution in [0, 0.1) is 0 Å². The number of hydrogen-bond donors (Lipinski definition) is 2. The number of carboxylic acids is 1. The number of nitrogens with one attached hydrogen (secondary N) is 1. The predicted octanol–water partition coefficient (Wildman–Crippen LogP) is 2.35. The predicted molar refractivity (Wildman–Crippen MR) is 72.6 cm³/mol. The van der Waals surface area contributed by atoms with Crippen molar-refractivity contribution in [3.63, 3.8) is 0 Å². The van der Waals surface area contributed by atoms with E-state index in [-0.39, 0.29) is 11.1 Å². The van der Waals surface area contributed by atoms with E-state index in [1.54, 1.807) is 12.1 Å². The van der Waals surface area contributed by atoms with Gasteiger partial charge < -0.3 is 10.1 Å². The van der Waals surface area contributed by atoms with Crippen LogP contribution in [0.25, 0.3) is 21.6 Å². The Kier molecular flexibility index (Phi) is 2.64. The molecule has 1 aromatic carbocycles. The maximum Gasteiger partial charge on any atom is 0.335 e. The Morgan fingerprint density at radius 3 is 2.84 bits per heavy atom. The van der Waals surface area contributed by atoms with E-state index >= 15 is 0 Å². The molecule has 0 saturated carbocycles. The van der Waals surface area contributed by atoms with Gasteiger partial charge in [0.2, 0.25) is 0 Å². The number of aromatic amines is 1. The van der Waals surface area contributed by atoms with Crippen LogP contribution in [-0.4, -0.2) is 21.0 Å². The molecule has 2 N–H and O–H groups in total. The molecule has 0 bridgehead atoms. The summed E-state index contributed by atoms with van der Waals surface area (Å²) in [5.74, 6) is -1.02. The standard InChI is InChI=1S/C13H8N2O3S/c16-12-11(10-2-1-5-19-10)14-9-6-7(13(17)18)3-4-8(9)15-12/h1-6H,(H,15,16)(H,17,18). The third kappa shape index (κ3) is 2.02. The van der Waals surface area contributed by atoms with Crippen LogP contribution in [0.2, 0.25) is 0 Å². The van der Waals surface area contributed by atoms with Crippen molar-refractivity contribution >= 4 is 28.3 Å². The van der Waals surface area contributed by atoms with Gasteiger partial charge in [-0.1, -0.05) is 6.07 Å². The Labute approximate surface area is 111 Å². The van der Waals surface area contributed by atoms with E-state index in [1.165, 1.54) is 23.5 Å². The molecule has 6 heteroatoms. The monoisotopic (exact) mass is 272 g/mol. The number of nitrogens with zero attached hydrogens (tertiary/aromatic N) is 1. The van der Waals surface area contributed by atoms with E-state index in [4.69, 9.17) is 5.11 Å². The van der Waals surface area contributed by atoms with Crippen molar-refractivity contribution in [3.05, 3.63) is 51.6 Å². The molecule has 0 unspecified atom stereocenters. The van der Waals surface area contributed by atoms with Crippen molar-refractivity contribution in [1.82, 2.24) is 9.97 Å². The van der Waals surface area contributed by atoms with Gasteiger partial charge in [-0.3, -0.25) is 4.79 Å². The first-order chi connectivity index (χ1) is 9.15. The Balaban J connectivity index is 2.28. The average Bonchev–Trinajstić information content (AvgIpc) is 2.91. The van der Waals surface area contributed by atoms with Crippen LogP contribution in [0.5, 0.6) is 0 Å². The lowest BCUT2D eigenvalue weighted by atomic mass is 10.2. The normalized spacial score (nSPS) is 10.7. The highest BCUT2D eigenvalue weighted by atomic mass is 32.1. The molecule has 94 valence electrons. The lowest BCUT2D eigenvalue weighted by Gasteiger charge is -2.02. The Bertz CT molecular complexity index is 822. The third-order valence-electron chi connectivity index (χ3n) is 2.69. The fourth-order valence-corrected chi connectivity index (χ4v) is 2.51. The van der Waals surface area contributed by atoms with E-state index in [2.05, 4.69) is 9.97 Å². The Morgan fingerprint density at radius 1 is 1.32 bits per heavy atom. The summed E-state index contributed by atoms with van der Waals surface area (Å²) in [6.07, 6.45) is 0. The van der Waals surface area contributed by atoms with Gasteiger partial charge in [0.25, 0.3) is 5.56 Å². The van der Waals surface area contributed by atoms with Crippen molar-refractivity contribution in [2.24, 2.45) is 0 Å². The number of thiophene rings is 1. The fourth-order valence-electron chi connectivity index (χ4n) is 1.80. The van der Waals surface area contributed by atoms with Gasteiger partial charge in [-0.05, 0) is 29.6 Å². The molecule has 0 fully saturated rings. The zero-order valence-electron chi connectivity index (χ0n) is 9.58. The molecular formula is C13H8N2O3S. The molecule has 0 saturated heterocycles. The zero-order chi connectivity index (χ0) is 13.4. The molecule has 19 heavy (non-hydrogen) atoms. The highest BCUT2D eigenvalue weighted by molar-refractivity contribution is 7.13. The van der Waals surface area contributed by atoms with Gasteiger partial charge in [0.15, 0.2) is 0 Å². The van der Waals surface area contributed by atoms with Crippen LogP contribution in [0.15, 0.2) is 40.5 Å². The number of hydrogen-bond acceptors (Lipinski definition) is 4. The minimum Gasteiger partial charge on any atom is -0.478 e. The van der Waals surface area contributed by atoms with Crippen LogP contribution in [0.1, 0.15) is 10.4 Å². The molecule has 0 spiro atoms. The summed E-state index contributed by atoms with van der Waals surface area (Å²) in [4.78, 5) is 30.6. The highest BCUT2D eigenvalue weighted by Crippen LogP contribution is 2.21. The van der Waals surface area contributed by atoms with Crippen LogP contribution in [0.3, 0.4) is 0 Å². The first-order valence-corrected chi connectivity index (χ1v) is 6.34. The molecule has 3 rings (SSSR count). The van der Waals surface area contributed by atoms with E-state index in [0.717, 1.165) is 4.88 Å². The minimum atomic E-state index is -1.02. The number of aromatic nitrogens is 2. The lowest BCUT2D eigenvalue weighted by molar-refractivity contribution is 0.0697. The van der Waals surface area contributed by atoms with E-state index in [0.29, 0.717) is 16.7 Å². The van der Waals surface area contributed by atoms with Crippen LogP contribution in [-0.2, 0) is 0 Å². The van der Waals surface area contributed by atoms with Gasteiger partial charge >= 0.3 is 5.97 Å². The van der Waals surface area contributed by atoms with Crippen LogP contribution >= 0.6 is 11.3 Å². The summed E-state index contributed by atoms with van der Waals surface area (Å²) in [7, 11) is 0. The molecule has 3 aromatic rings. The molecular weight excluding hydrogens is 264 g/mol. The number of benzene rings is 1. The molecule has 0 atom stereocenters. The van der Waals surface area contributed by atoms with Gasteiger partial charge in [-0.2, -0.15) is 0 Å². The van der Waals surface area contributed by atoms with Gasteiger partial charge in [-0.15, -0.1) is 11.3 Å². The van der Waals surface area contributed by atoms with Gasteiger partial charge in [0, 0.05) is 0 Å². The van der Waals surface area contributed by atoms with Crippen molar-refractivity contribution in [1.29, 1.82) is 0 Å². The summed E-state index contributed by atoms with van der Waals surface area (Å²) in [5.41, 5.74) is 1.16. The SMILES string of the molecule is O=C(O)c1ccc2[nH]c(=O)c(-c3cccs3)nc2c1. The van der Waals surface area contributed by atoms with Gasteiger partial charge in [0.05, 0.1) is 21.5 Å². The number of aromatic carboxylic acids is 1. The van der Waals surface area contributed by atoms with E-state index in [9.17, 15) is 9.59 Å². The van der Waals surface area contributed by atoms with E-state index < -0.39 is 5.97 Å². The molecule has 0 amide bonds. The molecule has 5 nitrogen and oxygen atoms in total. The second-order valence-corrected chi connectivity index (χ2v) is 4.88. The van der Waals surface area contributed by atoms with Crippen LogP contribution < -0.4 is 5.56 Å². The number of carbonyl (C=O) groups is 1. The van der Waals surface area contributed by atoms with Crippen molar-refractivity contribution in [3.8, 4) is 10.6 Å². The number of fused-ring (bicyclic) bond motifs is 1. The third-order valence-corrected chi connectivity index (χ3v) is 3.57. The smallest absolute Gasteiger partial charge is 0.335 e. The highest BCUT2D eigenvalue weighted by Gasteiger charge is 2.10. The first kappa shape index (κ1) is 11.6. The van der Waals surface area contributed by atoms with Crippen molar-refractivity contribution in [2.75, 3.05) is 0 Å². The minimum absolute atomic E-state index is 0.143. The maximum atomic E-state index is 11.9. The average molecular weight is 272 g/mol. The summed E-state index contributed by atoms with van der Waals surface area (Å²) in [6, 6.07) is 8.07. The zero-order valence-corrected chi connectivity index (χ0v) is 10.4. The van der Waals surface area contributed by atoms with Crippen molar-refractivity contribution < 1.29 is 9.90 Å².